The molecule has 0 radical (unpaired) electrons. The molecule has 1 rings (SSSR count). The first-order valence-electron chi connectivity index (χ1n) is 4.20. The largest absolute Gasteiger partial charge is 0.322 e. The van der Waals surface area contributed by atoms with Gasteiger partial charge in [0.2, 0.25) is 0 Å². The van der Waals surface area contributed by atoms with Gasteiger partial charge in [0.05, 0.1) is 11.9 Å². The Labute approximate surface area is 81.3 Å². The Morgan fingerprint density at radius 2 is 2.33 bits per heavy atom. The van der Waals surface area contributed by atoms with Crippen LogP contribution in [0.4, 0.5) is 0 Å². The van der Waals surface area contributed by atoms with Gasteiger partial charge in [0, 0.05) is 13.1 Å². The van der Waals surface area contributed by atoms with Gasteiger partial charge in [-0.2, -0.15) is 0 Å². The van der Waals surface area contributed by atoms with Gasteiger partial charge in [-0.1, -0.05) is 6.92 Å². The van der Waals surface area contributed by atoms with Crippen LogP contribution in [-0.2, 0) is 13.1 Å². The second-order valence-corrected chi connectivity index (χ2v) is 3.25. The molecular weight excluding hydrogens is 218 g/mol. The predicted octanol–water partition coefficient (Wildman–Crippen LogP) is 1.77. The van der Waals surface area contributed by atoms with Crippen molar-refractivity contribution in [1.29, 1.82) is 0 Å². The van der Waals surface area contributed by atoms with E-state index in [1.807, 2.05) is 6.20 Å². The molecule has 1 heterocycles. The Hall–Kier alpha value is -0.350. The second kappa shape index (κ2) is 4.62. The summed E-state index contributed by atoms with van der Waals surface area (Å²) in [5, 5.41) is 3.27. The summed E-state index contributed by atoms with van der Waals surface area (Å²) in [5.41, 5.74) is 1.23. The van der Waals surface area contributed by atoms with Crippen LogP contribution < -0.4 is 5.32 Å². The molecule has 0 saturated carbocycles. The molecule has 4 heteroatoms. The number of rotatable bonds is 4. The average molecular weight is 232 g/mol. The van der Waals surface area contributed by atoms with E-state index < -0.39 is 0 Å². The molecule has 0 saturated heterocycles. The molecule has 0 bridgehead atoms. The maximum Gasteiger partial charge on any atom is 0.177 e. The molecule has 0 fully saturated rings. The standard InChI is InChI=1S/C8H14BrN3/c1-3-10-5-7-6-11-8(9)12(7)4-2/h6,10H,3-5H2,1-2H3. The van der Waals surface area contributed by atoms with Gasteiger partial charge in [-0.3, -0.25) is 0 Å². The minimum atomic E-state index is 0.892. The summed E-state index contributed by atoms with van der Waals surface area (Å²) in [6.07, 6.45) is 1.90. The molecule has 1 N–H and O–H groups in total. The van der Waals surface area contributed by atoms with Crippen LogP contribution in [0.2, 0.25) is 0 Å². The summed E-state index contributed by atoms with van der Waals surface area (Å²) < 4.78 is 3.06. The summed E-state index contributed by atoms with van der Waals surface area (Å²) in [6, 6.07) is 0. The van der Waals surface area contributed by atoms with E-state index in [0.29, 0.717) is 0 Å². The SMILES string of the molecule is CCNCc1cnc(Br)n1CC. The van der Waals surface area contributed by atoms with Crippen LogP contribution in [0.25, 0.3) is 0 Å². The third-order valence-electron chi connectivity index (χ3n) is 1.76. The zero-order valence-corrected chi connectivity index (χ0v) is 9.06. The quantitative estimate of drug-likeness (QED) is 0.857. The van der Waals surface area contributed by atoms with Gasteiger partial charge in [0.25, 0.3) is 0 Å². The van der Waals surface area contributed by atoms with Crippen molar-refractivity contribution in [3.8, 4) is 0 Å². The van der Waals surface area contributed by atoms with Gasteiger partial charge in [-0.25, -0.2) is 4.98 Å². The molecular formula is C8H14BrN3. The first kappa shape index (κ1) is 9.74. The summed E-state index contributed by atoms with van der Waals surface area (Å²) in [7, 11) is 0. The Balaban J connectivity index is 2.70. The summed E-state index contributed by atoms with van der Waals surface area (Å²) in [6.45, 7) is 7.06. The van der Waals surface area contributed by atoms with Crippen LogP contribution in [0.3, 0.4) is 0 Å². The van der Waals surface area contributed by atoms with Crippen LogP contribution in [-0.4, -0.2) is 16.1 Å². The van der Waals surface area contributed by atoms with Gasteiger partial charge in [0.15, 0.2) is 4.73 Å². The van der Waals surface area contributed by atoms with Crippen molar-refractivity contribution < 1.29 is 0 Å². The molecule has 0 aromatic carbocycles. The van der Waals surface area contributed by atoms with Crippen molar-refractivity contribution in [3.05, 3.63) is 16.6 Å². The van der Waals surface area contributed by atoms with Crippen LogP contribution >= 0.6 is 15.9 Å². The highest BCUT2D eigenvalue weighted by atomic mass is 79.9. The lowest BCUT2D eigenvalue weighted by atomic mass is 10.4. The Morgan fingerprint density at radius 1 is 1.58 bits per heavy atom. The van der Waals surface area contributed by atoms with Crippen molar-refractivity contribution in [2.45, 2.75) is 26.9 Å². The fourth-order valence-electron chi connectivity index (χ4n) is 1.11. The number of hydrogen-bond acceptors (Lipinski definition) is 2. The molecule has 3 nitrogen and oxygen atoms in total. The molecule has 0 aliphatic heterocycles. The molecule has 0 aliphatic rings. The minimum absolute atomic E-state index is 0.892. The Kier molecular flexibility index (Phi) is 3.75. The minimum Gasteiger partial charge on any atom is -0.322 e. The highest BCUT2D eigenvalue weighted by Gasteiger charge is 2.03. The number of aromatic nitrogens is 2. The highest BCUT2D eigenvalue weighted by molar-refractivity contribution is 9.10. The van der Waals surface area contributed by atoms with E-state index in [9.17, 15) is 0 Å². The lowest BCUT2D eigenvalue weighted by molar-refractivity contribution is 0.637. The van der Waals surface area contributed by atoms with E-state index >= 15 is 0 Å². The lowest BCUT2D eigenvalue weighted by Gasteiger charge is -2.05. The van der Waals surface area contributed by atoms with Crippen LogP contribution in [0.15, 0.2) is 10.9 Å². The third-order valence-corrected chi connectivity index (χ3v) is 2.39. The Morgan fingerprint density at radius 3 is 2.92 bits per heavy atom. The van der Waals surface area contributed by atoms with Gasteiger partial charge < -0.3 is 9.88 Å². The van der Waals surface area contributed by atoms with Crippen molar-refractivity contribution in [2.75, 3.05) is 6.54 Å². The fourth-order valence-corrected chi connectivity index (χ4v) is 1.69. The maximum absolute atomic E-state index is 4.18. The van der Waals surface area contributed by atoms with Crippen LogP contribution in [0.1, 0.15) is 19.5 Å². The zero-order valence-electron chi connectivity index (χ0n) is 7.47. The molecule has 68 valence electrons. The molecule has 1 aromatic heterocycles. The van der Waals surface area contributed by atoms with E-state index in [2.05, 4.69) is 44.6 Å². The smallest absolute Gasteiger partial charge is 0.177 e. The van der Waals surface area contributed by atoms with Gasteiger partial charge in [-0.15, -0.1) is 0 Å². The fraction of sp³-hybridized carbons (Fsp3) is 0.625. The van der Waals surface area contributed by atoms with Gasteiger partial charge in [0.1, 0.15) is 0 Å². The summed E-state index contributed by atoms with van der Waals surface area (Å²) in [4.78, 5) is 4.18. The molecule has 12 heavy (non-hydrogen) atoms. The molecule has 0 spiro atoms. The van der Waals surface area contributed by atoms with Crippen LogP contribution in [0, 0.1) is 0 Å². The number of nitrogens with one attached hydrogen (secondary N) is 1. The topological polar surface area (TPSA) is 29.9 Å². The van der Waals surface area contributed by atoms with Crippen molar-refractivity contribution in [3.63, 3.8) is 0 Å². The summed E-state index contributed by atoms with van der Waals surface area (Å²) in [5.74, 6) is 0. The third kappa shape index (κ3) is 2.08. The first-order chi connectivity index (χ1) is 5.79. The monoisotopic (exact) mass is 231 g/mol. The van der Waals surface area contributed by atoms with Crippen molar-refractivity contribution in [2.24, 2.45) is 0 Å². The molecule has 0 atom stereocenters. The first-order valence-corrected chi connectivity index (χ1v) is 4.99. The van der Waals surface area contributed by atoms with E-state index in [4.69, 9.17) is 0 Å². The van der Waals surface area contributed by atoms with E-state index in [1.165, 1.54) is 5.69 Å². The van der Waals surface area contributed by atoms with E-state index in [-0.39, 0.29) is 0 Å². The molecule has 0 aliphatic carbocycles. The second-order valence-electron chi connectivity index (χ2n) is 2.54. The summed E-state index contributed by atoms with van der Waals surface area (Å²) >= 11 is 3.39. The number of halogens is 1. The Bertz CT molecular complexity index is 244. The number of nitrogens with zero attached hydrogens (tertiary/aromatic N) is 2. The lowest BCUT2D eigenvalue weighted by Crippen LogP contribution is -2.15. The molecule has 0 amide bonds. The predicted molar refractivity (Wildman–Crippen MR) is 53.0 cm³/mol. The van der Waals surface area contributed by atoms with Gasteiger partial charge >= 0.3 is 0 Å². The van der Waals surface area contributed by atoms with Crippen LogP contribution in [0.5, 0.6) is 0 Å². The molecule has 1 aromatic rings. The van der Waals surface area contributed by atoms with Crippen molar-refractivity contribution >= 4 is 15.9 Å². The molecule has 0 unspecified atom stereocenters. The normalized spacial score (nSPS) is 10.6. The van der Waals surface area contributed by atoms with Gasteiger partial charge in [-0.05, 0) is 29.4 Å². The maximum atomic E-state index is 4.18. The average Bonchev–Trinajstić information content (AvgIpc) is 2.43. The van der Waals surface area contributed by atoms with E-state index in [1.54, 1.807) is 0 Å². The van der Waals surface area contributed by atoms with Crippen molar-refractivity contribution in [1.82, 2.24) is 14.9 Å². The van der Waals surface area contributed by atoms with E-state index in [0.717, 1.165) is 24.4 Å². The number of imidazole rings is 1. The number of hydrogen-bond donors (Lipinski definition) is 1. The highest BCUT2D eigenvalue weighted by Crippen LogP contribution is 2.10. The zero-order chi connectivity index (χ0) is 8.97.